The lowest BCUT2D eigenvalue weighted by Crippen LogP contribution is -2.78. The van der Waals surface area contributed by atoms with Crippen molar-refractivity contribution in [3.8, 4) is 0 Å². The van der Waals surface area contributed by atoms with Gasteiger partial charge in [-0.2, -0.15) is 0 Å². The molecular weight excluding hydrogens is 521 g/mol. The van der Waals surface area contributed by atoms with E-state index >= 15 is 0 Å². The molecule has 0 bridgehead atoms. The van der Waals surface area contributed by atoms with Crippen molar-refractivity contribution in [3.63, 3.8) is 0 Å². The highest BCUT2D eigenvalue weighted by atomic mass is 35.5. The maximum atomic E-state index is 13.7. The first-order valence-electron chi connectivity index (χ1n) is 12.5. The topological polar surface area (TPSA) is 62.2 Å². The molecule has 3 heterocycles. The van der Waals surface area contributed by atoms with Gasteiger partial charge in [0.15, 0.2) is 11.8 Å². The van der Waals surface area contributed by atoms with Gasteiger partial charge in [0.2, 0.25) is 17.7 Å². The Morgan fingerprint density at radius 3 is 2.00 bits per heavy atom. The average molecular weight is 548 g/mol. The van der Waals surface area contributed by atoms with Crippen molar-refractivity contribution < 1.29 is 14.3 Å². The van der Waals surface area contributed by atoms with Crippen LogP contribution >= 0.6 is 23.2 Å². The zero-order chi connectivity index (χ0) is 27.2. The Hall–Kier alpha value is -3.35. The monoisotopic (exact) mass is 547 g/mol. The summed E-state index contributed by atoms with van der Waals surface area (Å²) in [7, 11) is 0. The van der Waals surface area contributed by atoms with Crippen LogP contribution in [0.1, 0.15) is 38.8 Å². The number of β-lactam (4-membered cyclic amide) rings is 2. The molecule has 2 amide bonds. The van der Waals surface area contributed by atoms with E-state index in [-0.39, 0.29) is 11.8 Å². The molecule has 2 atom stereocenters. The van der Waals surface area contributed by atoms with Crippen molar-refractivity contribution in [1.29, 1.82) is 0 Å². The molecule has 6 rings (SSSR count). The number of rotatable bonds is 3. The summed E-state index contributed by atoms with van der Waals surface area (Å²) in [6.45, 7) is 9.58. The Balaban J connectivity index is 1.49. The fourth-order valence-corrected chi connectivity index (χ4v) is 6.18. The number of anilines is 2. The molecule has 3 aliphatic rings. The van der Waals surface area contributed by atoms with Gasteiger partial charge in [-0.1, -0.05) is 40.9 Å². The van der Waals surface area contributed by atoms with E-state index in [1.165, 1.54) is 0 Å². The maximum absolute atomic E-state index is 13.7. The summed E-state index contributed by atoms with van der Waals surface area (Å²) in [5.74, 6) is 0.274. The Bertz CT molecular complexity index is 1530. The number of ether oxygens (including phenoxy) is 1. The Morgan fingerprint density at radius 1 is 0.816 bits per heavy atom. The first-order chi connectivity index (χ1) is 17.9. The molecule has 6 nitrogen and oxygen atoms in total. The summed E-state index contributed by atoms with van der Waals surface area (Å²) in [5, 5.41) is 1.16. The third-order valence-corrected chi connectivity index (χ3v) is 8.59. The minimum atomic E-state index is -1.00. The first-order valence-corrected chi connectivity index (χ1v) is 13.2. The summed E-state index contributed by atoms with van der Waals surface area (Å²) >= 11 is 12.3. The van der Waals surface area contributed by atoms with E-state index in [4.69, 9.17) is 32.9 Å². The summed E-state index contributed by atoms with van der Waals surface area (Å²) in [4.78, 5) is 35.3. The number of aliphatic imine (C=N–C) groups is 1. The lowest BCUT2D eigenvalue weighted by molar-refractivity contribution is -0.151. The summed E-state index contributed by atoms with van der Waals surface area (Å²) in [6, 6.07) is 20.3. The molecule has 1 spiro atoms. The maximum Gasteiger partial charge on any atom is 0.241 e. The average Bonchev–Trinajstić information content (AvgIpc) is 3.21. The second-order valence-corrected chi connectivity index (χ2v) is 12.1. The number of nitrogens with zero attached hydrogens (tertiary/aromatic N) is 3. The number of carbonyl (C=O) groups excluding carboxylic acids is 2. The number of hydrogen-bond acceptors (Lipinski definition) is 4. The van der Waals surface area contributed by atoms with Crippen molar-refractivity contribution in [1.82, 2.24) is 0 Å². The second-order valence-electron chi connectivity index (χ2n) is 11.2. The standard InChI is InChI=1S/C30H27Cl2N3O3/c1-17-6-15-23-22(16-17)30(29(4,5)26(37)35(30)21-13-9-19(32)10-14-21)24(33-23)38-27-28(2,3)25(36)34(27)20-11-7-18(31)8-12-20/h6-16,27H,1-5H3/t27-,30-/m1/s1. The lowest BCUT2D eigenvalue weighted by Gasteiger charge is -2.62. The molecule has 38 heavy (non-hydrogen) atoms. The van der Waals surface area contributed by atoms with E-state index < -0.39 is 22.6 Å². The Labute approximate surface area is 231 Å². The van der Waals surface area contributed by atoms with E-state index in [1.807, 2.05) is 58.9 Å². The van der Waals surface area contributed by atoms with Gasteiger partial charge in [0.1, 0.15) is 5.41 Å². The molecule has 0 unspecified atom stereocenters. The van der Waals surface area contributed by atoms with Crippen molar-refractivity contribution in [2.75, 3.05) is 9.80 Å². The van der Waals surface area contributed by atoms with Crippen molar-refractivity contribution >= 4 is 58.0 Å². The number of carbonyl (C=O) groups is 2. The second kappa shape index (κ2) is 8.08. The van der Waals surface area contributed by atoms with Gasteiger partial charge in [-0.25, -0.2) is 4.99 Å². The van der Waals surface area contributed by atoms with Crippen LogP contribution in [0.2, 0.25) is 10.0 Å². The number of halogens is 2. The fraction of sp³-hybridized carbons (Fsp3) is 0.300. The van der Waals surface area contributed by atoms with Crippen LogP contribution in [0.5, 0.6) is 0 Å². The molecule has 0 N–H and O–H groups in total. The quantitative estimate of drug-likeness (QED) is 0.330. The van der Waals surface area contributed by atoms with Crippen molar-refractivity contribution in [2.24, 2.45) is 15.8 Å². The van der Waals surface area contributed by atoms with Crippen LogP contribution in [-0.4, -0.2) is 23.9 Å². The van der Waals surface area contributed by atoms with Gasteiger partial charge in [0.25, 0.3) is 0 Å². The van der Waals surface area contributed by atoms with Crippen molar-refractivity contribution in [3.05, 3.63) is 87.9 Å². The fourth-order valence-electron chi connectivity index (χ4n) is 5.93. The molecule has 0 saturated carbocycles. The van der Waals surface area contributed by atoms with E-state index in [9.17, 15) is 9.59 Å². The van der Waals surface area contributed by atoms with Gasteiger partial charge in [0.05, 0.1) is 11.1 Å². The minimum Gasteiger partial charge on any atom is -0.453 e. The molecular formula is C30H27Cl2N3O3. The molecule has 2 saturated heterocycles. The molecule has 194 valence electrons. The van der Waals surface area contributed by atoms with Crippen molar-refractivity contribution in [2.45, 2.75) is 46.4 Å². The predicted octanol–water partition coefficient (Wildman–Crippen LogP) is 7.03. The van der Waals surface area contributed by atoms with Gasteiger partial charge in [0, 0.05) is 27.0 Å². The molecule has 3 aromatic carbocycles. The summed E-state index contributed by atoms with van der Waals surface area (Å²) in [5.41, 5.74) is 1.39. The number of amides is 2. The molecule has 3 aromatic rings. The minimum absolute atomic E-state index is 0.0519. The van der Waals surface area contributed by atoms with Crippen LogP contribution in [0.15, 0.2) is 71.7 Å². The van der Waals surface area contributed by atoms with Crippen LogP contribution in [-0.2, 0) is 19.9 Å². The highest BCUT2D eigenvalue weighted by Gasteiger charge is 2.74. The largest absolute Gasteiger partial charge is 0.453 e. The van der Waals surface area contributed by atoms with E-state index in [0.717, 1.165) is 16.8 Å². The highest BCUT2D eigenvalue weighted by Crippen LogP contribution is 2.63. The zero-order valence-corrected chi connectivity index (χ0v) is 23.3. The predicted molar refractivity (Wildman–Crippen MR) is 150 cm³/mol. The van der Waals surface area contributed by atoms with Gasteiger partial charge in [-0.15, -0.1) is 0 Å². The number of aryl methyl sites for hydroxylation is 1. The third kappa shape index (κ3) is 3.10. The van der Waals surface area contributed by atoms with Crippen LogP contribution in [0, 0.1) is 17.8 Å². The Kier molecular flexibility index (Phi) is 5.30. The zero-order valence-electron chi connectivity index (χ0n) is 21.8. The molecule has 0 aliphatic carbocycles. The van der Waals surface area contributed by atoms with Gasteiger partial charge >= 0.3 is 0 Å². The number of fused-ring (bicyclic) bond motifs is 2. The van der Waals surface area contributed by atoms with Crippen LogP contribution in [0.3, 0.4) is 0 Å². The smallest absolute Gasteiger partial charge is 0.241 e. The molecule has 8 heteroatoms. The van der Waals surface area contributed by atoms with E-state index in [0.29, 0.717) is 27.3 Å². The SMILES string of the molecule is Cc1ccc2c(c1)[C@]1(C(O[C@H]3N(c4ccc(Cl)cc4)C(=O)C3(C)C)=N2)N(c2ccc(Cl)cc2)C(=O)C1(C)C. The van der Waals surface area contributed by atoms with E-state index in [2.05, 4.69) is 6.07 Å². The molecule has 0 aromatic heterocycles. The first kappa shape index (κ1) is 25.0. The van der Waals surface area contributed by atoms with Crippen LogP contribution < -0.4 is 9.80 Å². The van der Waals surface area contributed by atoms with Gasteiger partial charge in [-0.3, -0.25) is 19.4 Å². The third-order valence-electron chi connectivity index (χ3n) is 8.09. The molecule has 2 fully saturated rings. The Morgan fingerprint density at radius 2 is 1.39 bits per heavy atom. The highest BCUT2D eigenvalue weighted by molar-refractivity contribution is 6.31. The summed E-state index contributed by atoms with van der Waals surface area (Å²) in [6.07, 6.45) is -0.638. The normalized spacial score (nSPS) is 24.6. The van der Waals surface area contributed by atoms with Crippen LogP contribution in [0.25, 0.3) is 0 Å². The van der Waals surface area contributed by atoms with Crippen LogP contribution in [0.4, 0.5) is 17.1 Å². The number of benzene rings is 3. The van der Waals surface area contributed by atoms with E-state index in [1.54, 1.807) is 46.2 Å². The molecule has 0 radical (unpaired) electrons. The number of hydrogen-bond donors (Lipinski definition) is 0. The lowest BCUT2D eigenvalue weighted by atomic mass is 9.59. The summed E-state index contributed by atoms with van der Waals surface area (Å²) < 4.78 is 6.77. The van der Waals surface area contributed by atoms with Gasteiger partial charge < -0.3 is 4.74 Å². The molecule has 3 aliphatic heterocycles. The van der Waals surface area contributed by atoms with Gasteiger partial charge in [-0.05, 0) is 89.2 Å².